The molecule has 3 aromatic rings. The van der Waals surface area contributed by atoms with Crippen LogP contribution in [-0.2, 0) is 0 Å². The Morgan fingerprint density at radius 1 is 1.08 bits per heavy atom. The number of rotatable bonds is 6. The first-order valence-corrected chi connectivity index (χ1v) is 12.6. The number of carbonyl (C=O) groups is 2. The molecule has 190 valence electrons. The molecule has 8 heteroatoms. The first kappa shape index (κ1) is 27.6. The minimum absolute atomic E-state index is 0.0196. The molecule has 0 spiro atoms. The van der Waals surface area contributed by atoms with Crippen molar-refractivity contribution in [1.29, 1.82) is 0 Å². The topological polar surface area (TPSA) is 76.3 Å². The van der Waals surface area contributed by atoms with Gasteiger partial charge in [0.25, 0.3) is 5.91 Å². The van der Waals surface area contributed by atoms with Gasteiger partial charge in [-0.25, -0.2) is 9.37 Å². The number of carbonyl (C=O) groups excluding carboxylic acids is 2. The summed E-state index contributed by atoms with van der Waals surface area (Å²) in [5.41, 5.74) is 7.29. The zero-order valence-corrected chi connectivity index (χ0v) is 22.3. The maximum atomic E-state index is 14.1. The van der Waals surface area contributed by atoms with Crippen molar-refractivity contribution in [1.82, 2.24) is 4.98 Å². The number of nitrogens with two attached hydrogens (primary N) is 1. The van der Waals surface area contributed by atoms with Gasteiger partial charge in [-0.3, -0.25) is 14.5 Å². The van der Waals surface area contributed by atoms with Crippen LogP contribution in [0.2, 0.25) is 10.0 Å². The van der Waals surface area contributed by atoms with Crippen molar-refractivity contribution in [2.45, 2.75) is 40.0 Å². The Balaban J connectivity index is 0.000000444. The number of amides is 2. The van der Waals surface area contributed by atoms with E-state index in [1.807, 2.05) is 0 Å². The molecule has 0 aliphatic heterocycles. The Morgan fingerprint density at radius 3 is 2.28 bits per heavy atom. The predicted octanol–water partition coefficient (Wildman–Crippen LogP) is 7.32. The zero-order valence-electron chi connectivity index (χ0n) is 20.8. The van der Waals surface area contributed by atoms with Gasteiger partial charge >= 0.3 is 0 Å². The van der Waals surface area contributed by atoms with Crippen LogP contribution in [0.4, 0.5) is 10.2 Å². The molecule has 1 fully saturated rings. The van der Waals surface area contributed by atoms with Crippen molar-refractivity contribution in [3.05, 3.63) is 81.2 Å². The summed E-state index contributed by atoms with van der Waals surface area (Å²) in [7, 11) is 1.49. The van der Waals surface area contributed by atoms with Crippen molar-refractivity contribution in [2.75, 3.05) is 11.9 Å². The fraction of sp³-hybridized carbons (Fsp3) is 0.321. The molecule has 5 nitrogen and oxygen atoms in total. The standard InChI is InChI=1S/C21H16Cl2FN3O2.C7H14/c1-11-8-13(14-9-12(19(25)28)6-7-15(14)22)10-26-20(11)27(2)21(29)18-16(23)4-3-5-17(18)24;1-3-6-5-7(6)4-2/h3-10H,1-2H3,(H2,25,28);6-7H,3-5H2,1-2H3. The Bertz CT molecular complexity index is 1250. The molecule has 4 rings (SSSR count). The van der Waals surface area contributed by atoms with Crippen molar-refractivity contribution in [2.24, 2.45) is 17.6 Å². The lowest BCUT2D eigenvalue weighted by Gasteiger charge is -2.20. The first-order valence-electron chi connectivity index (χ1n) is 11.9. The zero-order chi connectivity index (χ0) is 26.6. The molecule has 1 aliphatic carbocycles. The van der Waals surface area contributed by atoms with E-state index < -0.39 is 17.6 Å². The molecular weight excluding hydrogens is 500 g/mol. The normalized spacial score (nSPS) is 16.1. The number of anilines is 1. The fourth-order valence-electron chi connectivity index (χ4n) is 4.24. The highest BCUT2D eigenvalue weighted by atomic mass is 35.5. The summed E-state index contributed by atoms with van der Waals surface area (Å²) < 4.78 is 14.1. The lowest BCUT2D eigenvalue weighted by Crippen LogP contribution is -2.29. The molecular formula is C28H30Cl2FN3O2. The molecule has 2 amide bonds. The fourth-order valence-corrected chi connectivity index (χ4v) is 4.71. The SMILES string of the molecule is CCC1CC1CC.Cc1cc(-c2cc(C(N)=O)ccc2Cl)cnc1N(C)C(=O)c1c(F)cccc1Cl. The van der Waals surface area contributed by atoms with E-state index in [0.29, 0.717) is 33.1 Å². The number of halogens is 3. The minimum atomic E-state index is -0.710. The molecule has 0 radical (unpaired) electrons. The van der Waals surface area contributed by atoms with Crippen molar-refractivity contribution in [3.63, 3.8) is 0 Å². The summed E-state index contributed by atoms with van der Waals surface area (Å²) in [4.78, 5) is 29.8. The second kappa shape index (κ2) is 11.8. The number of hydrogen-bond donors (Lipinski definition) is 1. The smallest absolute Gasteiger partial charge is 0.263 e. The highest BCUT2D eigenvalue weighted by Crippen LogP contribution is 2.43. The molecule has 1 heterocycles. The average molecular weight is 530 g/mol. The molecule has 36 heavy (non-hydrogen) atoms. The van der Waals surface area contributed by atoms with Gasteiger partial charge in [-0.2, -0.15) is 0 Å². The average Bonchev–Trinajstić information content (AvgIpc) is 3.63. The van der Waals surface area contributed by atoms with Gasteiger partial charge in [0.05, 0.1) is 10.6 Å². The Hall–Kier alpha value is -2.96. The van der Waals surface area contributed by atoms with Crippen molar-refractivity contribution in [3.8, 4) is 11.1 Å². The molecule has 2 unspecified atom stereocenters. The molecule has 0 bridgehead atoms. The monoisotopic (exact) mass is 529 g/mol. The highest BCUT2D eigenvalue weighted by molar-refractivity contribution is 6.34. The molecule has 1 saturated carbocycles. The van der Waals surface area contributed by atoms with Crippen LogP contribution in [-0.4, -0.2) is 23.8 Å². The van der Waals surface area contributed by atoms with Crippen molar-refractivity contribution < 1.29 is 14.0 Å². The molecule has 2 N–H and O–H groups in total. The van der Waals surface area contributed by atoms with E-state index in [2.05, 4.69) is 18.8 Å². The van der Waals surface area contributed by atoms with E-state index in [4.69, 9.17) is 28.9 Å². The van der Waals surface area contributed by atoms with Gasteiger partial charge in [-0.05, 0) is 67.1 Å². The number of aryl methyl sites for hydroxylation is 1. The van der Waals surface area contributed by atoms with Gasteiger partial charge < -0.3 is 5.73 Å². The predicted molar refractivity (Wildman–Crippen MR) is 144 cm³/mol. The molecule has 2 aromatic carbocycles. The Morgan fingerprint density at radius 2 is 1.75 bits per heavy atom. The van der Waals surface area contributed by atoms with Gasteiger partial charge in [-0.1, -0.05) is 56.0 Å². The van der Waals surface area contributed by atoms with Crippen LogP contribution < -0.4 is 10.6 Å². The van der Waals surface area contributed by atoms with E-state index in [1.54, 1.807) is 25.1 Å². The van der Waals surface area contributed by atoms with Crippen LogP contribution in [0.3, 0.4) is 0 Å². The van der Waals surface area contributed by atoms with Crippen LogP contribution in [0.25, 0.3) is 11.1 Å². The van der Waals surface area contributed by atoms with E-state index in [-0.39, 0.29) is 10.6 Å². The summed E-state index contributed by atoms with van der Waals surface area (Å²) in [6.45, 7) is 6.34. The van der Waals surface area contributed by atoms with Crippen molar-refractivity contribution >= 4 is 40.8 Å². The van der Waals surface area contributed by atoms with Crippen LogP contribution in [0.5, 0.6) is 0 Å². The minimum Gasteiger partial charge on any atom is -0.366 e. The maximum Gasteiger partial charge on any atom is 0.263 e. The third kappa shape index (κ3) is 6.23. The first-order chi connectivity index (χ1) is 17.1. The third-order valence-corrected chi connectivity index (χ3v) is 7.17. The van der Waals surface area contributed by atoms with E-state index >= 15 is 0 Å². The summed E-state index contributed by atoms with van der Waals surface area (Å²) in [6, 6.07) is 10.5. The van der Waals surface area contributed by atoms with Gasteiger partial charge in [0, 0.05) is 35.0 Å². The number of aromatic nitrogens is 1. The van der Waals surface area contributed by atoms with Gasteiger partial charge in [0.15, 0.2) is 0 Å². The quantitative estimate of drug-likeness (QED) is 0.363. The number of nitrogens with zero attached hydrogens (tertiary/aromatic N) is 2. The summed E-state index contributed by atoms with van der Waals surface area (Å²) in [6.07, 6.45) is 5.87. The van der Waals surface area contributed by atoms with E-state index in [0.717, 1.165) is 11.8 Å². The lowest BCUT2D eigenvalue weighted by molar-refractivity contribution is 0.0984. The van der Waals surface area contributed by atoms with E-state index in [9.17, 15) is 14.0 Å². The third-order valence-electron chi connectivity index (χ3n) is 6.53. The Labute approximate surface area is 221 Å². The molecule has 0 saturated heterocycles. The van der Waals surface area contributed by atoms with Crippen LogP contribution in [0.1, 0.15) is 59.4 Å². The lowest BCUT2D eigenvalue weighted by atomic mass is 10.0. The molecule has 1 aliphatic rings. The second-order valence-electron chi connectivity index (χ2n) is 8.96. The summed E-state index contributed by atoms with van der Waals surface area (Å²) in [5, 5.41) is 0.442. The Kier molecular flexibility index (Phi) is 9.09. The van der Waals surface area contributed by atoms with Crippen LogP contribution in [0.15, 0.2) is 48.7 Å². The van der Waals surface area contributed by atoms with Crippen LogP contribution >= 0.6 is 23.2 Å². The van der Waals surface area contributed by atoms with Gasteiger partial charge in [0.2, 0.25) is 5.91 Å². The number of primary amides is 1. The van der Waals surface area contributed by atoms with Crippen LogP contribution in [0, 0.1) is 24.6 Å². The maximum absolute atomic E-state index is 14.1. The van der Waals surface area contributed by atoms with Gasteiger partial charge in [0.1, 0.15) is 11.6 Å². The summed E-state index contributed by atoms with van der Waals surface area (Å²) >= 11 is 12.3. The number of benzene rings is 2. The second-order valence-corrected chi connectivity index (χ2v) is 9.77. The molecule has 1 aromatic heterocycles. The number of pyridine rings is 1. The van der Waals surface area contributed by atoms with E-state index in [1.165, 1.54) is 61.7 Å². The summed E-state index contributed by atoms with van der Waals surface area (Å²) in [5.74, 6) is 0.662. The largest absolute Gasteiger partial charge is 0.366 e. The highest BCUT2D eigenvalue weighted by Gasteiger charge is 2.32. The van der Waals surface area contributed by atoms with Gasteiger partial charge in [-0.15, -0.1) is 0 Å². The molecule has 2 atom stereocenters. The number of hydrogen-bond acceptors (Lipinski definition) is 3.